The fraction of sp³-hybridized carbons (Fsp3) is 0.444. The Morgan fingerprint density at radius 2 is 2.04 bits per heavy atom. The molecule has 0 spiro atoms. The van der Waals surface area contributed by atoms with E-state index in [1.807, 2.05) is 32.3 Å². The van der Waals surface area contributed by atoms with Crippen molar-refractivity contribution in [3.8, 4) is 0 Å². The summed E-state index contributed by atoms with van der Waals surface area (Å²) >= 11 is 1.51. The lowest BCUT2D eigenvalue weighted by Gasteiger charge is -2.31. The van der Waals surface area contributed by atoms with Crippen molar-refractivity contribution in [3.63, 3.8) is 0 Å². The number of carbonyl (C=O) groups excluding carboxylic acids is 1. The second-order valence-electron chi connectivity index (χ2n) is 6.49. The number of thioether (sulfide) groups is 1. The van der Waals surface area contributed by atoms with E-state index < -0.39 is 0 Å². The van der Waals surface area contributed by atoms with Gasteiger partial charge in [-0.3, -0.25) is 4.79 Å². The fourth-order valence-corrected chi connectivity index (χ4v) is 3.86. The molecule has 2 heterocycles. The summed E-state index contributed by atoms with van der Waals surface area (Å²) in [4.78, 5) is 21.5. The topological polar surface area (TPSA) is 35.9 Å². The van der Waals surface area contributed by atoms with Crippen LogP contribution in [0.25, 0.3) is 6.08 Å². The van der Waals surface area contributed by atoms with Crippen molar-refractivity contribution in [2.75, 3.05) is 32.1 Å². The molecule has 1 amide bonds. The number of nitrogens with zero attached hydrogens (tertiary/aromatic N) is 3. The van der Waals surface area contributed by atoms with E-state index in [1.54, 1.807) is 0 Å². The molecule has 0 bridgehead atoms. The molecule has 0 N–H and O–H groups in total. The van der Waals surface area contributed by atoms with Crippen LogP contribution in [0.5, 0.6) is 0 Å². The van der Waals surface area contributed by atoms with Crippen LogP contribution in [0.2, 0.25) is 0 Å². The number of piperidine rings is 1. The van der Waals surface area contributed by atoms with Crippen LogP contribution < -0.4 is 4.90 Å². The largest absolute Gasteiger partial charge is 0.378 e. The average molecular weight is 329 g/mol. The number of likely N-dealkylation sites (tertiary alicyclic amines) is 1. The molecule has 0 aromatic heterocycles. The van der Waals surface area contributed by atoms with Crippen molar-refractivity contribution in [3.05, 3.63) is 34.7 Å². The molecule has 0 unspecified atom stereocenters. The minimum absolute atomic E-state index is 0.111. The van der Waals surface area contributed by atoms with Gasteiger partial charge in [-0.1, -0.05) is 19.1 Å². The number of amides is 1. The molecular weight excluding hydrogens is 306 g/mol. The summed E-state index contributed by atoms with van der Waals surface area (Å²) < 4.78 is 0. The maximum Gasteiger partial charge on any atom is 0.286 e. The highest BCUT2D eigenvalue weighted by atomic mass is 32.2. The predicted molar refractivity (Wildman–Crippen MR) is 98.8 cm³/mol. The second-order valence-corrected chi connectivity index (χ2v) is 7.50. The molecule has 1 aromatic carbocycles. The van der Waals surface area contributed by atoms with Gasteiger partial charge in [0.1, 0.15) is 0 Å². The molecule has 4 nitrogen and oxygen atoms in total. The van der Waals surface area contributed by atoms with Crippen molar-refractivity contribution in [2.24, 2.45) is 10.9 Å². The molecule has 1 fully saturated rings. The number of hydrogen-bond acceptors (Lipinski definition) is 4. The molecule has 23 heavy (non-hydrogen) atoms. The monoisotopic (exact) mass is 329 g/mol. The highest BCUT2D eigenvalue weighted by Crippen LogP contribution is 2.32. The van der Waals surface area contributed by atoms with Crippen LogP contribution in [0.3, 0.4) is 0 Å². The number of amidine groups is 1. The Balaban J connectivity index is 1.71. The quantitative estimate of drug-likeness (QED) is 0.779. The van der Waals surface area contributed by atoms with Crippen molar-refractivity contribution < 1.29 is 4.79 Å². The zero-order valence-corrected chi connectivity index (χ0v) is 14.8. The van der Waals surface area contributed by atoms with Gasteiger partial charge in [0.15, 0.2) is 5.17 Å². The Labute approximate surface area is 142 Å². The zero-order chi connectivity index (χ0) is 16.4. The van der Waals surface area contributed by atoms with E-state index in [1.165, 1.54) is 24.6 Å². The van der Waals surface area contributed by atoms with Crippen molar-refractivity contribution >= 4 is 34.6 Å². The standard InChI is InChI=1S/C18H23N3OS/c1-13-5-4-10-21(12-13)18-19-17(22)16(23-18)11-14-6-8-15(9-7-14)20(2)3/h6-9,11,13H,4-5,10,12H2,1-3H3/b16-11+/t13-/m0/s1. The van der Waals surface area contributed by atoms with Gasteiger partial charge < -0.3 is 9.80 Å². The molecule has 2 aliphatic heterocycles. The normalized spacial score (nSPS) is 23.3. The molecule has 1 saturated heterocycles. The van der Waals surface area contributed by atoms with E-state index in [9.17, 15) is 4.79 Å². The summed E-state index contributed by atoms with van der Waals surface area (Å²) in [5.41, 5.74) is 2.19. The summed E-state index contributed by atoms with van der Waals surface area (Å²) in [7, 11) is 4.03. The minimum atomic E-state index is -0.111. The first-order valence-electron chi connectivity index (χ1n) is 8.08. The van der Waals surface area contributed by atoms with E-state index in [-0.39, 0.29) is 5.91 Å². The molecule has 3 rings (SSSR count). The number of benzene rings is 1. The van der Waals surface area contributed by atoms with Gasteiger partial charge in [0.2, 0.25) is 0 Å². The van der Waals surface area contributed by atoms with E-state index in [0.29, 0.717) is 5.92 Å². The van der Waals surface area contributed by atoms with Crippen LogP contribution in [-0.4, -0.2) is 43.2 Å². The summed E-state index contributed by atoms with van der Waals surface area (Å²) in [5.74, 6) is 0.564. The summed E-state index contributed by atoms with van der Waals surface area (Å²) in [6.07, 6.45) is 4.39. The van der Waals surface area contributed by atoms with Gasteiger partial charge in [-0.15, -0.1) is 0 Å². The lowest BCUT2D eigenvalue weighted by molar-refractivity contribution is -0.113. The third-order valence-corrected chi connectivity index (χ3v) is 5.29. The first-order chi connectivity index (χ1) is 11.0. The van der Waals surface area contributed by atoms with Gasteiger partial charge in [0, 0.05) is 32.9 Å². The minimum Gasteiger partial charge on any atom is -0.378 e. The third-order valence-electron chi connectivity index (χ3n) is 4.24. The van der Waals surface area contributed by atoms with Crippen LogP contribution in [0.4, 0.5) is 5.69 Å². The molecule has 0 saturated carbocycles. The SMILES string of the molecule is C[C@H]1CCCN(C2=NC(=O)/C(=C\c3ccc(N(C)C)cc3)S2)C1. The van der Waals surface area contributed by atoms with E-state index in [0.717, 1.165) is 34.4 Å². The van der Waals surface area contributed by atoms with Crippen molar-refractivity contribution in [2.45, 2.75) is 19.8 Å². The average Bonchev–Trinajstić information content (AvgIpc) is 2.89. The molecule has 1 atom stereocenters. The number of hydrogen-bond donors (Lipinski definition) is 0. The maximum atomic E-state index is 12.2. The lowest BCUT2D eigenvalue weighted by atomic mass is 10.0. The molecule has 0 radical (unpaired) electrons. The predicted octanol–water partition coefficient (Wildman–Crippen LogP) is 3.45. The van der Waals surface area contributed by atoms with Crippen molar-refractivity contribution in [1.29, 1.82) is 0 Å². The smallest absolute Gasteiger partial charge is 0.286 e. The molecule has 5 heteroatoms. The summed E-state index contributed by atoms with van der Waals surface area (Å²) in [6, 6.07) is 8.20. The highest BCUT2D eigenvalue weighted by Gasteiger charge is 2.28. The van der Waals surface area contributed by atoms with Crippen LogP contribution in [0.15, 0.2) is 34.2 Å². The zero-order valence-electron chi connectivity index (χ0n) is 14.0. The maximum absolute atomic E-state index is 12.2. The van der Waals surface area contributed by atoms with E-state index >= 15 is 0 Å². The van der Waals surface area contributed by atoms with E-state index in [2.05, 4.69) is 33.8 Å². The number of rotatable bonds is 2. The molecule has 122 valence electrons. The molecule has 1 aromatic rings. The number of carbonyl (C=O) groups is 1. The van der Waals surface area contributed by atoms with Gasteiger partial charge >= 0.3 is 0 Å². The second kappa shape index (κ2) is 6.79. The molecule has 2 aliphatic rings. The van der Waals surface area contributed by atoms with Gasteiger partial charge in [-0.25, -0.2) is 0 Å². The molecular formula is C18H23N3OS. The third kappa shape index (κ3) is 3.78. The van der Waals surface area contributed by atoms with Crippen LogP contribution in [0.1, 0.15) is 25.3 Å². The first kappa shape index (κ1) is 16.1. The van der Waals surface area contributed by atoms with Crippen LogP contribution in [0, 0.1) is 5.92 Å². The van der Waals surface area contributed by atoms with Crippen molar-refractivity contribution in [1.82, 2.24) is 4.90 Å². The number of anilines is 1. The van der Waals surface area contributed by atoms with Crippen LogP contribution in [-0.2, 0) is 4.79 Å². The Hall–Kier alpha value is -1.75. The van der Waals surface area contributed by atoms with Crippen LogP contribution >= 0.6 is 11.8 Å². The fourth-order valence-electron chi connectivity index (χ4n) is 2.92. The van der Waals surface area contributed by atoms with Gasteiger partial charge in [0.25, 0.3) is 5.91 Å². The molecule has 0 aliphatic carbocycles. The summed E-state index contributed by atoms with van der Waals surface area (Å²) in [5, 5.41) is 0.873. The Morgan fingerprint density at radius 3 is 2.70 bits per heavy atom. The Bertz CT molecular complexity index is 649. The lowest BCUT2D eigenvalue weighted by Crippen LogP contribution is -2.37. The summed E-state index contributed by atoms with van der Waals surface area (Å²) in [6.45, 7) is 4.27. The van der Waals surface area contributed by atoms with Gasteiger partial charge in [-0.05, 0) is 54.3 Å². The van der Waals surface area contributed by atoms with Gasteiger partial charge in [-0.2, -0.15) is 4.99 Å². The number of aliphatic imine (C=N–C) groups is 1. The Morgan fingerprint density at radius 1 is 1.30 bits per heavy atom. The first-order valence-corrected chi connectivity index (χ1v) is 8.89. The van der Waals surface area contributed by atoms with E-state index in [4.69, 9.17) is 0 Å². The van der Waals surface area contributed by atoms with Gasteiger partial charge in [0.05, 0.1) is 4.91 Å². The highest BCUT2D eigenvalue weighted by molar-refractivity contribution is 8.18. The Kier molecular flexibility index (Phi) is 4.76.